The second-order valence-electron chi connectivity index (χ2n) is 8.08. The van der Waals surface area contributed by atoms with E-state index in [2.05, 4.69) is 26.7 Å². The molecule has 2 aromatic carbocycles. The van der Waals surface area contributed by atoms with Gasteiger partial charge in [-0.1, -0.05) is 17.3 Å². The fraction of sp³-hybridized carbons (Fsp3) is 0.348. The zero-order valence-electron chi connectivity index (χ0n) is 18.0. The van der Waals surface area contributed by atoms with Crippen LogP contribution in [0.5, 0.6) is 5.75 Å². The minimum atomic E-state index is -0.380. The van der Waals surface area contributed by atoms with Crippen LogP contribution in [0.1, 0.15) is 43.0 Å². The summed E-state index contributed by atoms with van der Waals surface area (Å²) in [6.07, 6.45) is 4.24. The van der Waals surface area contributed by atoms with E-state index in [4.69, 9.17) is 9.26 Å². The largest absolute Gasteiger partial charge is 0.488 e. The molecule has 0 spiro atoms. The lowest BCUT2D eigenvalue weighted by Crippen LogP contribution is -2.23. The van der Waals surface area contributed by atoms with Gasteiger partial charge in [0.25, 0.3) is 0 Å². The zero-order chi connectivity index (χ0) is 21.7. The van der Waals surface area contributed by atoms with Crippen molar-refractivity contribution >= 4 is 6.21 Å². The molecule has 0 aliphatic carbocycles. The molecule has 0 saturated carbocycles. The van der Waals surface area contributed by atoms with Gasteiger partial charge in [0.1, 0.15) is 17.2 Å². The van der Waals surface area contributed by atoms with Crippen LogP contribution in [0.15, 0.2) is 46.3 Å². The third kappa shape index (κ3) is 5.43. The lowest BCUT2D eigenvalue weighted by atomic mass is 9.95. The smallest absolute Gasteiger partial charge is 0.214 e. The molecule has 3 rings (SSSR count). The summed E-state index contributed by atoms with van der Waals surface area (Å²) in [5, 5.41) is 7.78. The summed E-state index contributed by atoms with van der Waals surface area (Å²) in [6, 6.07) is 9.25. The maximum absolute atomic E-state index is 14.6. The molecule has 0 unspecified atom stereocenters. The summed E-state index contributed by atoms with van der Waals surface area (Å²) in [6.45, 7) is 8.10. The van der Waals surface area contributed by atoms with E-state index in [-0.39, 0.29) is 17.2 Å². The van der Waals surface area contributed by atoms with Crippen LogP contribution in [0.4, 0.5) is 4.39 Å². The predicted octanol–water partition coefficient (Wildman–Crippen LogP) is 4.70. The van der Waals surface area contributed by atoms with Gasteiger partial charge < -0.3 is 14.7 Å². The first kappa shape index (κ1) is 21.5. The number of nitrogens with zero attached hydrogens (tertiary/aromatic N) is 3. The van der Waals surface area contributed by atoms with Crippen LogP contribution in [-0.2, 0) is 12.8 Å². The second kappa shape index (κ2) is 9.07. The van der Waals surface area contributed by atoms with Crippen molar-refractivity contribution in [1.29, 1.82) is 0 Å². The molecule has 6 nitrogen and oxygen atoms in total. The van der Waals surface area contributed by atoms with E-state index in [9.17, 15) is 4.39 Å². The van der Waals surface area contributed by atoms with E-state index < -0.39 is 0 Å². The van der Waals surface area contributed by atoms with Crippen molar-refractivity contribution in [3.63, 3.8) is 0 Å². The minimum Gasteiger partial charge on any atom is -0.488 e. The fourth-order valence-corrected chi connectivity index (χ4v) is 3.15. The molecule has 158 valence electrons. The standard InChI is InChI=1S/C23H27FN4O2/c1-15-18(10-16-6-7-19(20(24)12-16)22-26-14-29-28-22)11-17(8-9-27-25-5)13-21(15)30-23(2,3)4/h6-7,9,11-14,25H,8,10H2,1-5H3/b27-9-. The first-order valence-corrected chi connectivity index (χ1v) is 9.81. The molecule has 0 saturated heterocycles. The van der Waals surface area contributed by atoms with Gasteiger partial charge in [0.15, 0.2) is 0 Å². The number of rotatable bonds is 7. The normalized spacial score (nSPS) is 11.8. The topological polar surface area (TPSA) is 72.5 Å². The van der Waals surface area contributed by atoms with Gasteiger partial charge in [0.05, 0.1) is 5.56 Å². The Balaban J connectivity index is 1.93. The van der Waals surface area contributed by atoms with Gasteiger partial charge in [-0.05, 0) is 74.6 Å². The summed E-state index contributed by atoms with van der Waals surface area (Å²) in [5.41, 5.74) is 6.81. The highest BCUT2D eigenvalue weighted by Crippen LogP contribution is 2.30. The molecule has 1 aromatic heterocycles. The lowest BCUT2D eigenvalue weighted by Gasteiger charge is -2.24. The number of benzene rings is 2. The zero-order valence-corrected chi connectivity index (χ0v) is 18.0. The SMILES string of the molecule is CN/N=C\Cc1cc(Cc2ccc(-c3ncon3)c(F)c2)c(C)c(OC(C)(C)C)c1. The molecule has 7 heteroatoms. The molecule has 30 heavy (non-hydrogen) atoms. The number of halogens is 1. The lowest BCUT2D eigenvalue weighted by molar-refractivity contribution is 0.129. The van der Waals surface area contributed by atoms with E-state index >= 15 is 0 Å². The van der Waals surface area contributed by atoms with Crippen LogP contribution in [0.2, 0.25) is 0 Å². The van der Waals surface area contributed by atoms with Crippen LogP contribution in [-0.4, -0.2) is 29.0 Å². The number of hydrogen-bond donors (Lipinski definition) is 1. The summed E-state index contributed by atoms with van der Waals surface area (Å²) >= 11 is 0. The van der Waals surface area contributed by atoms with Crippen LogP contribution in [0.3, 0.4) is 0 Å². The van der Waals surface area contributed by atoms with Gasteiger partial charge in [-0.3, -0.25) is 0 Å². The third-order valence-electron chi connectivity index (χ3n) is 4.52. The molecule has 1 heterocycles. The Kier molecular flexibility index (Phi) is 6.50. The van der Waals surface area contributed by atoms with Gasteiger partial charge >= 0.3 is 0 Å². The number of nitrogens with one attached hydrogen (secondary N) is 1. The molecule has 0 aliphatic heterocycles. The van der Waals surface area contributed by atoms with E-state index in [1.807, 2.05) is 46.0 Å². The highest BCUT2D eigenvalue weighted by molar-refractivity contribution is 5.62. The van der Waals surface area contributed by atoms with E-state index in [1.165, 1.54) is 12.5 Å². The monoisotopic (exact) mass is 410 g/mol. The first-order chi connectivity index (χ1) is 14.3. The average Bonchev–Trinajstić information content (AvgIpc) is 3.19. The van der Waals surface area contributed by atoms with Crippen LogP contribution < -0.4 is 10.2 Å². The highest BCUT2D eigenvalue weighted by Gasteiger charge is 2.17. The predicted molar refractivity (Wildman–Crippen MR) is 115 cm³/mol. The molecule has 3 aromatic rings. The van der Waals surface area contributed by atoms with Gasteiger partial charge in [-0.25, -0.2) is 4.39 Å². The number of hydrogen-bond acceptors (Lipinski definition) is 6. The molecule has 0 fully saturated rings. The Labute approximate surface area is 176 Å². The van der Waals surface area contributed by atoms with Gasteiger partial charge in [0, 0.05) is 19.7 Å². The molecule has 0 bridgehead atoms. The maximum Gasteiger partial charge on any atom is 0.214 e. The van der Waals surface area contributed by atoms with Crippen molar-refractivity contribution in [2.45, 2.75) is 46.1 Å². The summed E-state index contributed by atoms with van der Waals surface area (Å²) < 4.78 is 25.5. The van der Waals surface area contributed by atoms with Crippen LogP contribution in [0.25, 0.3) is 11.4 Å². The van der Waals surface area contributed by atoms with Gasteiger partial charge in [-0.2, -0.15) is 10.1 Å². The van der Waals surface area contributed by atoms with Crippen LogP contribution in [0, 0.1) is 12.7 Å². The summed E-state index contributed by atoms with van der Waals surface area (Å²) in [7, 11) is 1.76. The Morgan fingerprint density at radius 1 is 1.20 bits per heavy atom. The van der Waals surface area contributed by atoms with Gasteiger partial charge in [-0.15, -0.1) is 0 Å². The maximum atomic E-state index is 14.6. The van der Waals surface area contributed by atoms with E-state index in [0.29, 0.717) is 18.4 Å². The Morgan fingerprint density at radius 2 is 2.00 bits per heavy atom. The average molecular weight is 410 g/mol. The Hall–Kier alpha value is -3.22. The molecule has 0 atom stereocenters. The van der Waals surface area contributed by atoms with Crippen molar-refractivity contribution in [2.24, 2.45) is 5.10 Å². The van der Waals surface area contributed by atoms with E-state index in [1.54, 1.807) is 13.1 Å². The first-order valence-electron chi connectivity index (χ1n) is 9.81. The molecule has 1 N–H and O–H groups in total. The number of aromatic nitrogens is 2. The Bertz CT molecular complexity index is 1020. The van der Waals surface area contributed by atoms with Crippen molar-refractivity contribution in [3.05, 3.63) is 64.8 Å². The number of hydrazone groups is 1. The van der Waals surface area contributed by atoms with Crippen molar-refractivity contribution in [1.82, 2.24) is 15.6 Å². The molecule has 0 aliphatic rings. The highest BCUT2D eigenvalue weighted by atomic mass is 19.1. The van der Waals surface area contributed by atoms with Crippen molar-refractivity contribution < 1.29 is 13.7 Å². The number of ether oxygens (including phenoxy) is 1. The summed E-state index contributed by atoms with van der Waals surface area (Å²) in [4.78, 5) is 3.92. The Morgan fingerprint density at radius 3 is 2.63 bits per heavy atom. The molecule has 0 radical (unpaired) electrons. The van der Waals surface area contributed by atoms with Crippen LogP contribution >= 0.6 is 0 Å². The fourth-order valence-electron chi connectivity index (χ4n) is 3.15. The quantitative estimate of drug-likeness (QED) is 0.451. The second-order valence-corrected chi connectivity index (χ2v) is 8.08. The summed E-state index contributed by atoms with van der Waals surface area (Å²) in [5.74, 6) is 0.689. The van der Waals surface area contributed by atoms with Crippen molar-refractivity contribution in [2.75, 3.05) is 7.05 Å². The van der Waals surface area contributed by atoms with Crippen molar-refractivity contribution in [3.8, 4) is 17.1 Å². The molecule has 0 amide bonds. The molecular formula is C23H27FN4O2. The van der Waals surface area contributed by atoms with E-state index in [0.717, 1.165) is 28.0 Å². The minimum absolute atomic E-state index is 0.238. The molecular weight excluding hydrogens is 383 g/mol. The van der Waals surface area contributed by atoms with Gasteiger partial charge in [0.2, 0.25) is 12.2 Å². The third-order valence-corrected chi connectivity index (χ3v) is 4.52.